The number of aromatic nitrogens is 2. The molecule has 0 aliphatic rings. The van der Waals surface area contributed by atoms with E-state index in [4.69, 9.17) is 0 Å². The molecule has 0 unspecified atom stereocenters. The van der Waals surface area contributed by atoms with Crippen LogP contribution in [0.25, 0.3) is 11.3 Å². The molecule has 0 fully saturated rings. The lowest BCUT2D eigenvalue weighted by Crippen LogP contribution is -2.14. The van der Waals surface area contributed by atoms with Crippen molar-refractivity contribution in [2.24, 2.45) is 12.0 Å². The van der Waals surface area contributed by atoms with Crippen LogP contribution in [-0.4, -0.2) is 15.5 Å². The fraction of sp³-hybridized carbons (Fsp3) is 0.167. The second kappa shape index (κ2) is 6.71. The van der Waals surface area contributed by atoms with Crippen LogP contribution in [-0.2, 0) is 13.5 Å². The summed E-state index contributed by atoms with van der Waals surface area (Å²) in [6.07, 6.45) is 4.09. The highest BCUT2D eigenvalue weighted by atomic mass is 32.1. The van der Waals surface area contributed by atoms with Gasteiger partial charge in [-0.25, -0.2) is 0 Å². The van der Waals surface area contributed by atoms with Gasteiger partial charge in [-0.15, -0.1) is 11.3 Å². The molecule has 1 aromatic carbocycles. The maximum atomic E-state index is 12.3. The Hall–Kier alpha value is -2.53. The zero-order valence-electron chi connectivity index (χ0n) is 13.1. The van der Waals surface area contributed by atoms with Crippen LogP contribution in [0.4, 0.5) is 0 Å². The van der Waals surface area contributed by atoms with Crippen LogP contribution in [0, 0.1) is 0 Å². The molecule has 116 valence electrons. The molecular weight excluding hydrogens is 306 g/mol. The molecule has 3 rings (SSSR count). The highest BCUT2D eigenvalue weighted by molar-refractivity contribution is 7.09. The van der Waals surface area contributed by atoms with Crippen molar-refractivity contribution < 1.29 is 4.79 Å². The highest BCUT2D eigenvalue weighted by Crippen LogP contribution is 2.25. The number of amides is 1. The molecule has 4 nitrogen and oxygen atoms in total. The summed E-state index contributed by atoms with van der Waals surface area (Å²) >= 11 is 1.56. The first kappa shape index (κ1) is 15.4. The van der Waals surface area contributed by atoms with E-state index in [0.29, 0.717) is 10.4 Å². The summed E-state index contributed by atoms with van der Waals surface area (Å²) in [7, 11) is 1.95. The number of rotatable bonds is 3. The average molecular weight is 323 g/mol. The smallest absolute Gasteiger partial charge is 0.281 e. The number of benzene rings is 1. The Balaban J connectivity index is 2.10. The third-order valence-electron chi connectivity index (χ3n) is 3.57. The lowest BCUT2D eigenvalue weighted by molar-refractivity contribution is 0.0997. The van der Waals surface area contributed by atoms with Crippen LogP contribution in [0.1, 0.15) is 22.2 Å². The number of nitrogens with zero attached hydrogens (tertiary/aromatic N) is 3. The summed E-state index contributed by atoms with van der Waals surface area (Å²) in [5, 5.41) is 0. The quantitative estimate of drug-likeness (QED) is 0.741. The molecule has 3 aromatic rings. The van der Waals surface area contributed by atoms with Crippen LogP contribution >= 0.6 is 11.3 Å². The minimum Gasteiger partial charge on any atom is -0.319 e. The Morgan fingerprint density at radius 3 is 2.65 bits per heavy atom. The standard InChI is InChI=1S/C18H17N3OS/c1-3-15-16(13-8-5-4-6-9-13)21(2)18(23-15)20-17(22)14-10-7-11-19-12-14/h4-12H,3H2,1-2H3. The normalized spacial score (nSPS) is 11.7. The van der Waals surface area contributed by atoms with Crippen LogP contribution in [0.5, 0.6) is 0 Å². The molecular formula is C18H17N3OS. The van der Waals surface area contributed by atoms with Gasteiger partial charge in [-0.05, 0) is 24.1 Å². The predicted molar refractivity (Wildman–Crippen MR) is 92.2 cm³/mol. The van der Waals surface area contributed by atoms with Crippen LogP contribution < -0.4 is 4.80 Å². The van der Waals surface area contributed by atoms with Crippen molar-refractivity contribution in [3.63, 3.8) is 0 Å². The molecule has 0 bridgehead atoms. The van der Waals surface area contributed by atoms with E-state index >= 15 is 0 Å². The van der Waals surface area contributed by atoms with Gasteiger partial charge >= 0.3 is 0 Å². The van der Waals surface area contributed by atoms with Crippen LogP contribution in [0.3, 0.4) is 0 Å². The van der Waals surface area contributed by atoms with Crippen molar-refractivity contribution in [2.75, 3.05) is 0 Å². The first-order chi connectivity index (χ1) is 11.2. The third kappa shape index (κ3) is 3.14. The Kier molecular flexibility index (Phi) is 4.48. The topological polar surface area (TPSA) is 47.2 Å². The average Bonchev–Trinajstić information content (AvgIpc) is 2.92. The van der Waals surface area contributed by atoms with E-state index in [1.807, 2.05) is 29.8 Å². The van der Waals surface area contributed by atoms with Gasteiger partial charge in [-0.3, -0.25) is 9.78 Å². The van der Waals surface area contributed by atoms with Crippen molar-refractivity contribution in [1.82, 2.24) is 9.55 Å². The molecule has 0 radical (unpaired) electrons. The first-order valence-electron chi connectivity index (χ1n) is 7.44. The minimum atomic E-state index is -0.266. The molecule has 0 aliphatic heterocycles. The zero-order valence-corrected chi connectivity index (χ0v) is 13.9. The summed E-state index contributed by atoms with van der Waals surface area (Å²) in [5.74, 6) is -0.266. The van der Waals surface area contributed by atoms with Gasteiger partial charge < -0.3 is 4.57 Å². The highest BCUT2D eigenvalue weighted by Gasteiger charge is 2.13. The number of hydrogen-bond donors (Lipinski definition) is 0. The molecule has 0 N–H and O–H groups in total. The monoisotopic (exact) mass is 323 g/mol. The number of hydrogen-bond acceptors (Lipinski definition) is 3. The zero-order chi connectivity index (χ0) is 16.2. The number of pyridine rings is 1. The molecule has 0 aliphatic carbocycles. The lowest BCUT2D eigenvalue weighted by Gasteiger charge is -2.05. The molecule has 0 saturated carbocycles. The van der Waals surface area contributed by atoms with Gasteiger partial charge in [-0.1, -0.05) is 37.3 Å². The number of aryl methyl sites for hydroxylation is 1. The summed E-state index contributed by atoms with van der Waals surface area (Å²) < 4.78 is 1.99. The van der Waals surface area contributed by atoms with Crippen molar-refractivity contribution in [2.45, 2.75) is 13.3 Å². The maximum Gasteiger partial charge on any atom is 0.281 e. The fourth-order valence-electron chi connectivity index (χ4n) is 2.44. The van der Waals surface area contributed by atoms with Crippen LogP contribution in [0.2, 0.25) is 0 Å². The van der Waals surface area contributed by atoms with E-state index in [0.717, 1.165) is 17.7 Å². The molecule has 0 saturated heterocycles. The Bertz CT molecular complexity index is 880. The lowest BCUT2D eigenvalue weighted by atomic mass is 10.1. The van der Waals surface area contributed by atoms with Crippen LogP contribution in [0.15, 0.2) is 59.9 Å². The van der Waals surface area contributed by atoms with Crippen molar-refractivity contribution in [3.8, 4) is 11.3 Å². The second-order valence-electron chi connectivity index (χ2n) is 5.09. The molecule has 2 heterocycles. The summed E-state index contributed by atoms with van der Waals surface area (Å²) in [6.45, 7) is 2.12. The molecule has 0 atom stereocenters. The predicted octanol–water partition coefficient (Wildman–Crippen LogP) is 3.45. The van der Waals surface area contributed by atoms with E-state index in [1.165, 1.54) is 11.1 Å². The second-order valence-corrected chi connectivity index (χ2v) is 6.16. The first-order valence-corrected chi connectivity index (χ1v) is 8.25. The van der Waals surface area contributed by atoms with Gasteiger partial charge in [0.25, 0.3) is 5.91 Å². The van der Waals surface area contributed by atoms with E-state index < -0.39 is 0 Å². The Morgan fingerprint density at radius 2 is 2.00 bits per heavy atom. The van der Waals surface area contributed by atoms with Gasteiger partial charge in [0.15, 0.2) is 4.80 Å². The van der Waals surface area contributed by atoms with Gasteiger partial charge in [0.2, 0.25) is 0 Å². The van der Waals surface area contributed by atoms with Gasteiger partial charge in [0, 0.05) is 24.3 Å². The van der Waals surface area contributed by atoms with E-state index in [9.17, 15) is 4.79 Å². The molecule has 2 aromatic heterocycles. The molecule has 0 spiro atoms. The number of carbonyl (C=O) groups is 1. The largest absolute Gasteiger partial charge is 0.319 e. The van der Waals surface area contributed by atoms with Gasteiger partial charge in [0.1, 0.15) is 0 Å². The number of thiazole rings is 1. The van der Waals surface area contributed by atoms with Crippen molar-refractivity contribution in [1.29, 1.82) is 0 Å². The van der Waals surface area contributed by atoms with E-state index in [2.05, 4.69) is 29.0 Å². The van der Waals surface area contributed by atoms with E-state index in [-0.39, 0.29) is 5.91 Å². The van der Waals surface area contributed by atoms with Gasteiger partial charge in [0.05, 0.1) is 11.3 Å². The Labute approximate surface area is 138 Å². The molecule has 1 amide bonds. The molecule has 5 heteroatoms. The Morgan fingerprint density at radius 1 is 1.22 bits per heavy atom. The van der Waals surface area contributed by atoms with Crippen molar-refractivity contribution >= 4 is 17.2 Å². The summed E-state index contributed by atoms with van der Waals surface area (Å²) in [5.41, 5.74) is 2.76. The van der Waals surface area contributed by atoms with Crippen molar-refractivity contribution in [3.05, 3.63) is 70.1 Å². The summed E-state index contributed by atoms with van der Waals surface area (Å²) in [4.78, 5) is 22.5. The van der Waals surface area contributed by atoms with E-state index in [1.54, 1.807) is 29.7 Å². The fourth-order valence-corrected chi connectivity index (χ4v) is 3.51. The minimum absolute atomic E-state index is 0.266. The third-order valence-corrected chi connectivity index (χ3v) is 4.85. The maximum absolute atomic E-state index is 12.3. The summed E-state index contributed by atoms with van der Waals surface area (Å²) in [6, 6.07) is 13.7. The number of carbonyl (C=O) groups excluding carboxylic acids is 1. The molecule has 23 heavy (non-hydrogen) atoms. The van der Waals surface area contributed by atoms with Gasteiger partial charge in [-0.2, -0.15) is 4.99 Å². The SMILES string of the molecule is CCc1sc(=NC(=O)c2cccnc2)n(C)c1-c1ccccc1.